The van der Waals surface area contributed by atoms with Crippen LogP contribution in [0.2, 0.25) is 0 Å². The maximum atomic E-state index is 11.4. The monoisotopic (exact) mass is 262 g/mol. The van der Waals surface area contributed by atoms with E-state index in [2.05, 4.69) is 5.32 Å². The second-order valence-corrected chi connectivity index (χ2v) is 3.85. The molecule has 5 nitrogen and oxygen atoms in total. The number of methoxy groups -OCH3 is 1. The molecular formula is C14H18N2O3. The van der Waals surface area contributed by atoms with Gasteiger partial charge in [0.15, 0.2) is 11.5 Å². The maximum absolute atomic E-state index is 11.4. The molecular weight excluding hydrogens is 244 g/mol. The van der Waals surface area contributed by atoms with E-state index in [1.807, 2.05) is 31.2 Å². The summed E-state index contributed by atoms with van der Waals surface area (Å²) in [6.45, 7) is 2.51. The quantitative estimate of drug-likeness (QED) is 0.759. The van der Waals surface area contributed by atoms with Crippen LogP contribution in [0, 0.1) is 11.3 Å². The molecule has 102 valence electrons. The van der Waals surface area contributed by atoms with Crippen LogP contribution in [0.5, 0.6) is 11.5 Å². The summed E-state index contributed by atoms with van der Waals surface area (Å²) >= 11 is 0. The van der Waals surface area contributed by atoms with Crippen LogP contribution >= 0.6 is 0 Å². The zero-order valence-corrected chi connectivity index (χ0v) is 11.2. The number of aryl methyl sites for hydroxylation is 1. The Morgan fingerprint density at radius 1 is 1.42 bits per heavy atom. The molecule has 0 aromatic heterocycles. The summed E-state index contributed by atoms with van der Waals surface area (Å²) < 4.78 is 10.7. The van der Waals surface area contributed by atoms with Crippen LogP contribution in [0.1, 0.15) is 18.9 Å². The Morgan fingerprint density at radius 2 is 2.21 bits per heavy atom. The SMILES string of the molecule is CCOc1cc(CCC(=O)NCC#N)ccc1OC. The van der Waals surface area contributed by atoms with Crippen molar-refractivity contribution in [3.05, 3.63) is 23.8 Å². The van der Waals surface area contributed by atoms with Gasteiger partial charge in [0, 0.05) is 6.42 Å². The number of ether oxygens (including phenoxy) is 2. The Kier molecular flexibility index (Phi) is 6.23. The molecule has 19 heavy (non-hydrogen) atoms. The van der Waals surface area contributed by atoms with Crippen LogP contribution in [0.25, 0.3) is 0 Å². The first kappa shape index (κ1) is 14.8. The lowest BCUT2D eigenvalue weighted by atomic mass is 10.1. The second kappa shape index (κ2) is 7.98. The normalized spacial score (nSPS) is 9.53. The highest BCUT2D eigenvalue weighted by atomic mass is 16.5. The Morgan fingerprint density at radius 3 is 2.84 bits per heavy atom. The molecule has 0 aliphatic rings. The number of hydrogen-bond donors (Lipinski definition) is 1. The summed E-state index contributed by atoms with van der Waals surface area (Å²) in [4.78, 5) is 11.4. The number of rotatable bonds is 7. The van der Waals surface area contributed by atoms with Gasteiger partial charge in [-0.25, -0.2) is 0 Å². The molecule has 0 fully saturated rings. The minimum Gasteiger partial charge on any atom is -0.493 e. The Hall–Kier alpha value is -2.22. The van der Waals surface area contributed by atoms with E-state index >= 15 is 0 Å². The molecule has 0 bridgehead atoms. The largest absolute Gasteiger partial charge is 0.493 e. The van der Waals surface area contributed by atoms with E-state index < -0.39 is 0 Å². The summed E-state index contributed by atoms with van der Waals surface area (Å²) in [5.41, 5.74) is 0.997. The molecule has 0 radical (unpaired) electrons. The minimum absolute atomic E-state index is 0.0473. The predicted molar refractivity (Wildman–Crippen MR) is 71.1 cm³/mol. The smallest absolute Gasteiger partial charge is 0.221 e. The highest BCUT2D eigenvalue weighted by Crippen LogP contribution is 2.28. The summed E-state index contributed by atoms with van der Waals surface area (Å²) in [7, 11) is 1.59. The molecule has 0 saturated heterocycles. The lowest BCUT2D eigenvalue weighted by Gasteiger charge is -2.11. The number of benzene rings is 1. The third-order valence-electron chi connectivity index (χ3n) is 2.53. The van der Waals surface area contributed by atoms with Crippen molar-refractivity contribution in [3.63, 3.8) is 0 Å². The fourth-order valence-corrected chi connectivity index (χ4v) is 1.63. The third kappa shape index (κ3) is 4.88. The summed E-state index contributed by atoms with van der Waals surface area (Å²) in [5.74, 6) is 1.23. The van der Waals surface area contributed by atoms with Crippen LogP contribution in [0.15, 0.2) is 18.2 Å². The van der Waals surface area contributed by atoms with Gasteiger partial charge in [0.2, 0.25) is 5.91 Å². The molecule has 1 amide bonds. The number of carbonyl (C=O) groups is 1. The van der Waals surface area contributed by atoms with Gasteiger partial charge in [-0.2, -0.15) is 5.26 Å². The summed E-state index contributed by atoms with van der Waals surface area (Å²) in [6, 6.07) is 7.47. The van der Waals surface area contributed by atoms with Gasteiger partial charge in [-0.05, 0) is 31.0 Å². The lowest BCUT2D eigenvalue weighted by molar-refractivity contribution is -0.120. The molecule has 0 spiro atoms. The number of hydrogen-bond acceptors (Lipinski definition) is 4. The van der Waals surface area contributed by atoms with Gasteiger partial charge in [-0.1, -0.05) is 6.07 Å². The molecule has 0 unspecified atom stereocenters. The summed E-state index contributed by atoms with van der Waals surface area (Å²) in [6.07, 6.45) is 0.945. The predicted octanol–water partition coefficient (Wildman–Crippen LogP) is 1.67. The molecule has 0 saturated carbocycles. The molecule has 5 heteroatoms. The van der Waals surface area contributed by atoms with Crippen molar-refractivity contribution in [1.82, 2.24) is 5.32 Å². The number of nitriles is 1. The van der Waals surface area contributed by atoms with Gasteiger partial charge in [0.1, 0.15) is 6.54 Å². The van der Waals surface area contributed by atoms with Crippen LogP contribution in [0.4, 0.5) is 0 Å². The lowest BCUT2D eigenvalue weighted by Crippen LogP contribution is -2.23. The fourth-order valence-electron chi connectivity index (χ4n) is 1.63. The van der Waals surface area contributed by atoms with Gasteiger partial charge in [-0.3, -0.25) is 4.79 Å². The van der Waals surface area contributed by atoms with Crippen LogP contribution in [-0.2, 0) is 11.2 Å². The summed E-state index contributed by atoms with van der Waals surface area (Å²) in [5, 5.41) is 10.9. The van der Waals surface area contributed by atoms with E-state index in [0.29, 0.717) is 30.9 Å². The number of nitrogens with zero attached hydrogens (tertiary/aromatic N) is 1. The topological polar surface area (TPSA) is 71.3 Å². The average Bonchev–Trinajstić information content (AvgIpc) is 2.43. The zero-order valence-electron chi connectivity index (χ0n) is 11.2. The van der Waals surface area contributed by atoms with Crippen LogP contribution in [0.3, 0.4) is 0 Å². The van der Waals surface area contributed by atoms with E-state index in [4.69, 9.17) is 14.7 Å². The molecule has 1 rings (SSSR count). The van der Waals surface area contributed by atoms with E-state index in [0.717, 1.165) is 5.56 Å². The van der Waals surface area contributed by atoms with Gasteiger partial charge in [-0.15, -0.1) is 0 Å². The van der Waals surface area contributed by atoms with Gasteiger partial charge in [0.05, 0.1) is 19.8 Å². The zero-order chi connectivity index (χ0) is 14.1. The fraction of sp³-hybridized carbons (Fsp3) is 0.429. The van der Waals surface area contributed by atoms with Crippen molar-refractivity contribution in [3.8, 4) is 17.6 Å². The van der Waals surface area contributed by atoms with Crippen molar-refractivity contribution in [2.24, 2.45) is 0 Å². The number of nitrogens with one attached hydrogen (secondary N) is 1. The molecule has 1 aromatic carbocycles. The second-order valence-electron chi connectivity index (χ2n) is 3.85. The number of amides is 1. The molecule has 1 N–H and O–H groups in total. The van der Waals surface area contributed by atoms with Gasteiger partial charge in [0.25, 0.3) is 0 Å². The maximum Gasteiger partial charge on any atom is 0.221 e. The van der Waals surface area contributed by atoms with Crippen molar-refractivity contribution >= 4 is 5.91 Å². The van der Waals surface area contributed by atoms with Crippen LogP contribution in [-0.4, -0.2) is 26.2 Å². The highest BCUT2D eigenvalue weighted by molar-refractivity contribution is 5.76. The Balaban J connectivity index is 2.61. The Labute approximate surface area is 113 Å². The third-order valence-corrected chi connectivity index (χ3v) is 2.53. The first-order chi connectivity index (χ1) is 9.21. The first-order valence-corrected chi connectivity index (χ1v) is 6.14. The van der Waals surface area contributed by atoms with Crippen molar-refractivity contribution in [2.45, 2.75) is 19.8 Å². The van der Waals surface area contributed by atoms with E-state index in [-0.39, 0.29) is 12.5 Å². The van der Waals surface area contributed by atoms with E-state index in [9.17, 15) is 4.79 Å². The van der Waals surface area contributed by atoms with E-state index in [1.54, 1.807) is 7.11 Å². The molecule has 0 aliphatic heterocycles. The minimum atomic E-state index is -0.129. The molecule has 0 heterocycles. The van der Waals surface area contributed by atoms with Gasteiger partial charge >= 0.3 is 0 Å². The van der Waals surface area contributed by atoms with Crippen LogP contribution < -0.4 is 14.8 Å². The van der Waals surface area contributed by atoms with Crippen molar-refractivity contribution < 1.29 is 14.3 Å². The van der Waals surface area contributed by atoms with Crippen molar-refractivity contribution in [1.29, 1.82) is 5.26 Å². The van der Waals surface area contributed by atoms with Gasteiger partial charge < -0.3 is 14.8 Å². The Bertz CT molecular complexity index is 466. The first-order valence-electron chi connectivity index (χ1n) is 6.14. The highest BCUT2D eigenvalue weighted by Gasteiger charge is 2.07. The van der Waals surface area contributed by atoms with E-state index in [1.165, 1.54) is 0 Å². The molecule has 0 atom stereocenters. The number of carbonyl (C=O) groups excluding carboxylic acids is 1. The average molecular weight is 262 g/mol. The molecule has 0 aliphatic carbocycles. The standard InChI is InChI=1S/C14H18N2O3/c1-3-19-13-10-11(4-6-12(13)18-2)5-7-14(17)16-9-8-15/h4,6,10H,3,5,7,9H2,1-2H3,(H,16,17). The van der Waals surface area contributed by atoms with Crippen molar-refractivity contribution in [2.75, 3.05) is 20.3 Å². The molecule has 1 aromatic rings.